The monoisotopic (exact) mass is 249 g/mol. The number of hydrogen-bond acceptors (Lipinski definition) is 2. The molecule has 0 aromatic carbocycles. The second kappa shape index (κ2) is 5.43. The quantitative estimate of drug-likeness (QED) is 0.892. The summed E-state index contributed by atoms with van der Waals surface area (Å²) in [6, 6.07) is 0.690. The van der Waals surface area contributed by atoms with Crippen LogP contribution in [0.4, 0.5) is 0 Å². The standard InChI is InChI=1S/C15H27N3/c1-10-6-7-14(8-11(10)2)16-9-15-12(3)17-18(5)13(15)4/h10-11,14,16H,6-9H2,1-5H3. The summed E-state index contributed by atoms with van der Waals surface area (Å²) in [6.07, 6.45) is 4.01. The van der Waals surface area contributed by atoms with Crippen LogP contribution in [0.2, 0.25) is 0 Å². The van der Waals surface area contributed by atoms with Gasteiger partial charge < -0.3 is 5.32 Å². The Hall–Kier alpha value is -0.830. The van der Waals surface area contributed by atoms with Gasteiger partial charge in [-0.1, -0.05) is 13.8 Å². The summed E-state index contributed by atoms with van der Waals surface area (Å²) >= 11 is 0. The second-order valence-corrected chi connectivity index (χ2v) is 6.12. The van der Waals surface area contributed by atoms with Crippen LogP contribution in [0.5, 0.6) is 0 Å². The van der Waals surface area contributed by atoms with E-state index in [4.69, 9.17) is 0 Å². The Labute approximate surface area is 111 Å². The van der Waals surface area contributed by atoms with E-state index in [9.17, 15) is 0 Å². The molecule has 0 aliphatic heterocycles. The van der Waals surface area contributed by atoms with Crippen molar-refractivity contribution in [2.24, 2.45) is 18.9 Å². The molecular formula is C15H27N3. The van der Waals surface area contributed by atoms with E-state index in [2.05, 4.69) is 38.1 Å². The molecule has 1 saturated carbocycles. The Morgan fingerprint density at radius 3 is 2.50 bits per heavy atom. The molecule has 1 aromatic heterocycles. The summed E-state index contributed by atoms with van der Waals surface area (Å²) in [4.78, 5) is 0. The van der Waals surface area contributed by atoms with E-state index in [1.165, 1.54) is 36.2 Å². The summed E-state index contributed by atoms with van der Waals surface area (Å²) in [5.74, 6) is 1.75. The molecule has 3 heteroatoms. The molecule has 1 aliphatic rings. The highest BCUT2D eigenvalue weighted by Gasteiger charge is 2.24. The van der Waals surface area contributed by atoms with Crippen molar-refractivity contribution in [2.75, 3.05) is 0 Å². The van der Waals surface area contributed by atoms with E-state index in [1.807, 2.05) is 11.7 Å². The highest BCUT2D eigenvalue weighted by atomic mass is 15.3. The van der Waals surface area contributed by atoms with Crippen LogP contribution < -0.4 is 5.32 Å². The van der Waals surface area contributed by atoms with Crippen molar-refractivity contribution in [1.29, 1.82) is 0 Å². The third kappa shape index (κ3) is 2.77. The SMILES string of the molecule is Cc1nn(C)c(C)c1CNC1CCC(C)C(C)C1. The molecule has 1 N–H and O–H groups in total. The summed E-state index contributed by atoms with van der Waals surface area (Å²) in [7, 11) is 2.02. The third-order valence-corrected chi connectivity index (χ3v) is 4.82. The first-order valence-electron chi connectivity index (χ1n) is 7.21. The molecule has 0 spiro atoms. The first-order valence-corrected chi connectivity index (χ1v) is 7.21. The number of rotatable bonds is 3. The molecule has 0 saturated heterocycles. The van der Waals surface area contributed by atoms with Gasteiger partial charge in [0.1, 0.15) is 0 Å². The molecule has 3 unspecified atom stereocenters. The van der Waals surface area contributed by atoms with Crippen LogP contribution in [0.15, 0.2) is 0 Å². The first kappa shape index (κ1) is 13.6. The summed E-state index contributed by atoms with van der Waals surface area (Å²) in [5, 5.41) is 8.21. The maximum Gasteiger partial charge on any atom is 0.0641 e. The highest BCUT2D eigenvalue weighted by Crippen LogP contribution is 2.29. The van der Waals surface area contributed by atoms with Gasteiger partial charge >= 0.3 is 0 Å². The highest BCUT2D eigenvalue weighted by molar-refractivity contribution is 5.24. The van der Waals surface area contributed by atoms with Crippen molar-refractivity contribution in [3.63, 3.8) is 0 Å². The lowest BCUT2D eigenvalue weighted by molar-refractivity contribution is 0.225. The molecule has 1 aliphatic carbocycles. The summed E-state index contributed by atoms with van der Waals surface area (Å²) < 4.78 is 1.98. The van der Waals surface area contributed by atoms with Crippen molar-refractivity contribution in [3.05, 3.63) is 17.0 Å². The average molecular weight is 249 g/mol. The minimum absolute atomic E-state index is 0.690. The molecule has 0 radical (unpaired) electrons. The topological polar surface area (TPSA) is 29.9 Å². The maximum atomic E-state index is 4.48. The zero-order valence-corrected chi connectivity index (χ0v) is 12.5. The lowest BCUT2D eigenvalue weighted by Crippen LogP contribution is -2.36. The van der Waals surface area contributed by atoms with Crippen molar-refractivity contribution >= 4 is 0 Å². The van der Waals surface area contributed by atoms with Crippen LogP contribution in [0, 0.1) is 25.7 Å². The van der Waals surface area contributed by atoms with Crippen LogP contribution in [-0.4, -0.2) is 15.8 Å². The van der Waals surface area contributed by atoms with E-state index in [0.717, 1.165) is 18.4 Å². The fraction of sp³-hybridized carbons (Fsp3) is 0.800. The number of nitrogens with zero attached hydrogens (tertiary/aromatic N) is 2. The molecule has 0 bridgehead atoms. The molecule has 1 fully saturated rings. The average Bonchev–Trinajstić information content (AvgIpc) is 2.56. The van der Waals surface area contributed by atoms with E-state index in [-0.39, 0.29) is 0 Å². The van der Waals surface area contributed by atoms with Gasteiger partial charge in [0.25, 0.3) is 0 Å². The van der Waals surface area contributed by atoms with E-state index < -0.39 is 0 Å². The van der Waals surface area contributed by atoms with E-state index in [1.54, 1.807) is 0 Å². The Morgan fingerprint density at radius 1 is 1.22 bits per heavy atom. The zero-order valence-electron chi connectivity index (χ0n) is 12.5. The van der Waals surface area contributed by atoms with Gasteiger partial charge in [0.05, 0.1) is 5.69 Å². The van der Waals surface area contributed by atoms with Gasteiger partial charge in [0.15, 0.2) is 0 Å². The van der Waals surface area contributed by atoms with Gasteiger partial charge in [-0.25, -0.2) is 0 Å². The van der Waals surface area contributed by atoms with Crippen molar-refractivity contribution in [1.82, 2.24) is 15.1 Å². The van der Waals surface area contributed by atoms with Gasteiger partial charge in [-0.05, 0) is 44.9 Å². The van der Waals surface area contributed by atoms with Crippen LogP contribution in [0.3, 0.4) is 0 Å². The van der Waals surface area contributed by atoms with E-state index >= 15 is 0 Å². The summed E-state index contributed by atoms with van der Waals surface area (Å²) in [6.45, 7) is 10.0. The number of nitrogens with one attached hydrogen (secondary N) is 1. The molecule has 18 heavy (non-hydrogen) atoms. The minimum Gasteiger partial charge on any atom is -0.310 e. The molecule has 3 atom stereocenters. The van der Waals surface area contributed by atoms with Crippen LogP contribution >= 0.6 is 0 Å². The predicted octanol–water partition coefficient (Wildman–Crippen LogP) is 2.95. The number of aromatic nitrogens is 2. The number of hydrogen-bond donors (Lipinski definition) is 1. The fourth-order valence-electron chi connectivity index (χ4n) is 3.05. The van der Waals surface area contributed by atoms with Crippen molar-refractivity contribution in [2.45, 2.75) is 59.5 Å². The van der Waals surface area contributed by atoms with Crippen LogP contribution in [0.1, 0.15) is 50.1 Å². The Kier molecular flexibility index (Phi) is 4.10. The molecule has 2 rings (SSSR count). The number of aryl methyl sites for hydroxylation is 2. The van der Waals surface area contributed by atoms with Gasteiger partial charge in [-0.2, -0.15) is 5.10 Å². The molecule has 0 amide bonds. The maximum absolute atomic E-state index is 4.48. The smallest absolute Gasteiger partial charge is 0.0641 e. The first-order chi connectivity index (χ1) is 8.49. The van der Waals surface area contributed by atoms with Gasteiger partial charge in [-0.15, -0.1) is 0 Å². The van der Waals surface area contributed by atoms with Gasteiger partial charge in [-0.3, -0.25) is 4.68 Å². The molecule has 1 aromatic rings. The summed E-state index contributed by atoms with van der Waals surface area (Å²) in [5.41, 5.74) is 3.83. The Morgan fingerprint density at radius 2 is 1.94 bits per heavy atom. The van der Waals surface area contributed by atoms with Gasteiger partial charge in [0.2, 0.25) is 0 Å². The van der Waals surface area contributed by atoms with E-state index in [0.29, 0.717) is 6.04 Å². The molecule has 3 nitrogen and oxygen atoms in total. The normalized spacial score (nSPS) is 28.6. The Bertz CT molecular complexity index is 408. The molecule has 1 heterocycles. The minimum atomic E-state index is 0.690. The lowest BCUT2D eigenvalue weighted by atomic mass is 9.79. The molecule has 102 valence electrons. The van der Waals surface area contributed by atoms with Crippen LogP contribution in [0.25, 0.3) is 0 Å². The largest absolute Gasteiger partial charge is 0.310 e. The zero-order chi connectivity index (χ0) is 13.3. The van der Waals surface area contributed by atoms with Gasteiger partial charge in [0, 0.05) is 30.9 Å². The lowest BCUT2D eigenvalue weighted by Gasteiger charge is -2.32. The third-order valence-electron chi connectivity index (χ3n) is 4.82. The van der Waals surface area contributed by atoms with Crippen molar-refractivity contribution in [3.8, 4) is 0 Å². The Balaban J connectivity index is 1.92. The second-order valence-electron chi connectivity index (χ2n) is 6.12. The van der Waals surface area contributed by atoms with Crippen molar-refractivity contribution < 1.29 is 0 Å². The van der Waals surface area contributed by atoms with Crippen LogP contribution in [-0.2, 0) is 13.6 Å². The predicted molar refractivity (Wildman–Crippen MR) is 75.5 cm³/mol. The fourth-order valence-corrected chi connectivity index (χ4v) is 3.05. The molecular weight excluding hydrogens is 222 g/mol.